The molecule has 0 radical (unpaired) electrons. The molecule has 2 amide bonds. The van der Waals surface area contributed by atoms with E-state index in [2.05, 4.69) is 15.8 Å². The van der Waals surface area contributed by atoms with E-state index >= 15 is 0 Å². The summed E-state index contributed by atoms with van der Waals surface area (Å²) in [4.78, 5) is 23.6. The van der Waals surface area contributed by atoms with E-state index in [-0.39, 0.29) is 12.5 Å². The summed E-state index contributed by atoms with van der Waals surface area (Å²) in [6.07, 6.45) is 1.51. The van der Waals surface area contributed by atoms with Crippen LogP contribution in [0.3, 0.4) is 0 Å². The molecule has 0 heterocycles. The minimum atomic E-state index is -0.433. The Bertz CT molecular complexity index is 760. The van der Waals surface area contributed by atoms with Crippen LogP contribution >= 0.6 is 11.6 Å². The number of rotatable bonds is 7. The molecule has 2 rings (SSSR count). The number of carbonyl (C=O) groups excluding carboxylic acids is 2. The van der Waals surface area contributed by atoms with Gasteiger partial charge >= 0.3 is 0 Å². The predicted molar refractivity (Wildman–Crippen MR) is 97.1 cm³/mol. The smallest absolute Gasteiger partial charge is 0.259 e. The van der Waals surface area contributed by atoms with Gasteiger partial charge in [-0.15, -0.1) is 0 Å². The lowest BCUT2D eigenvalue weighted by Gasteiger charge is -2.04. The zero-order valence-corrected chi connectivity index (χ0v) is 14.4. The second-order valence-corrected chi connectivity index (χ2v) is 5.42. The van der Waals surface area contributed by atoms with Crippen LogP contribution in [-0.2, 0) is 4.79 Å². The third-order valence-corrected chi connectivity index (χ3v) is 3.33. The molecule has 2 N–H and O–H groups in total. The highest BCUT2D eigenvalue weighted by Crippen LogP contribution is 2.11. The molecule has 7 heteroatoms. The molecular weight excluding hydrogens is 342 g/mol. The Hall–Kier alpha value is -2.86. The van der Waals surface area contributed by atoms with Crippen LogP contribution in [0.1, 0.15) is 22.8 Å². The number of hydrazone groups is 1. The number of nitrogens with one attached hydrogen (secondary N) is 2. The summed E-state index contributed by atoms with van der Waals surface area (Å²) in [6, 6.07) is 13.8. The lowest BCUT2D eigenvalue weighted by Crippen LogP contribution is -2.34. The predicted octanol–water partition coefficient (Wildman–Crippen LogP) is 2.62. The largest absolute Gasteiger partial charge is 0.494 e. The molecular formula is C18H18ClN3O3. The highest BCUT2D eigenvalue weighted by molar-refractivity contribution is 6.30. The van der Waals surface area contributed by atoms with E-state index in [1.807, 2.05) is 31.2 Å². The summed E-state index contributed by atoms with van der Waals surface area (Å²) in [5, 5.41) is 6.80. The maximum Gasteiger partial charge on any atom is 0.259 e. The van der Waals surface area contributed by atoms with E-state index in [0.717, 1.165) is 11.3 Å². The van der Waals surface area contributed by atoms with Crippen LogP contribution in [0, 0.1) is 0 Å². The molecule has 0 bridgehead atoms. The molecule has 0 fully saturated rings. The highest BCUT2D eigenvalue weighted by atomic mass is 35.5. The van der Waals surface area contributed by atoms with Gasteiger partial charge in [-0.25, -0.2) is 5.43 Å². The first kappa shape index (κ1) is 18.5. The van der Waals surface area contributed by atoms with Gasteiger partial charge in [-0.3, -0.25) is 9.59 Å². The second-order valence-electron chi connectivity index (χ2n) is 4.99. The first-order valence-corrected chi connectivity index (χ1v) is 8.05. The maximum atomic E-state index is 11.9. The number of hydrogen-bond donors (Lipinski definition) is 2. The van der Waals surface area contributed by atoms with E-state index in [9.17, 15) is 9.59 Å². The molecule has 130 valence electrons. The average Bonchev–Trinajstić information content (AvgIpc) is 2.61. The first-order valence-electron chi connectivity index (χ1n) is 7.67. The summed E-state index contributed by atoms with van der Waals surface area (Å²) in [5.41, 5.74) is 3.55. The van der Waals surface area contributed by atoms with Gasteiger partial charge in [-0.2, -0.15) is 5.10 Å². The Kier molecular flexibility index (Phi) is 6.98. The molecule has 0 saturated heterocycles. The van der Waals surface area contributed by atoms with Gasteiger partial charge in [-0.1, -0.05) is 17.7 Å². The summed E-state index contributed by atoms with van der Waals surface area (Å²) in [5.74, 6) is -0.0434. The summed E-state index contributed by atoms with van der Waals surface area (Å²) < 4.78 is 5.34. The van der Waals surface area contributed by atoms with Crippen LogP contribution < -0.4 is 15.5 Å². The van der Waals surface area contributed by atoms with Crippen LogP contribution in [0.5, 0.6) is 5.75 Å². The van der Waals surface area contributed by atoms with Gasteiger partial charge in [0.05, 0.1) is 19.4 Å². The number of amides is 2. The van der Waals surface area contributed by atoms with E-state index in [4.69, 9.17) is 16.3 Å². The van der Waals surface area contributed by atoms with Crippen molar-refractivity contribution in [1.29, 1.82) is 0 Å². The zero-order valence-electron chi connectivity index (χ0n) is 13.7. The zero-order chi connectivity index (χ0) is 18.1. The van der Waals surface area contributed by atoms with Crippen molar-refractivity contribution in [2.24, 2.45) is 5.10 Å². The van der Waals surface area contributed by atoms with E-state index in [0.29, 0.717) is 17.2 Å². The molecule has 6 nitrogen and oxygen atoms in total. The lowest BCUT2D eigenvalue weighted by atomic mass is 10.2. The standard InChI is InChI=1S/C18H18ClN3O3/c1-2-25-16-8-6-13(7-9-16)11-21-22-17(23)12-20-18(24)14-4-3-5-15(19)10-14/h3-11H,2,12H2,1H3,(H,20,24)(H,22,23)/b21-11-. The van der Waals surface area contributed by atoms with Crippen LogP contribution in [0.4, 0.5) is 0 Å². The number of ether oxygens (including phenoxy) is 1. The molecule has 2 aromatic rings. The van der Waals surface area contributed by atoms with Gasteiger partial charge in [0.1, 0.15) is 5.75 Å². The fourth-order valence-corrected chi connectivity index (χ4v) is 2.12. The fourth-order valence-electron chi connectivity index (χ4n) is 1.93. The van der Waals surface area contributed by atoms with Gasteiger partial charge in [0.2, 0.25) is 0 Å². The normalized spacial score (nSPS) is 10.5. The SMILES string of the molecule is CCOc1ccc(/C=N\NC(=O)CNC(=O)c2cccc(Cl)c2)cc1. The minimum absolute atomic E-state index is 0.189. The Labute approximate surface area is 150 Å². The maximum absolute atomic E-state index is 11.9. The van der Waals surface area contributed by atoms with Gasteiger partial charge in [0.15, 0.2) is 0 Å². The molecule has 25 heavy (non-hydrogen) atoms. The molecule has 0 aliphatic heterocycles. The van der Waals surface area contributed by atoms with Crippen molar-refractivity contribution in [3.63, 3.8) is 0 Å². The van der Waals surface area contributed by atoms with Crippen LogP contribution in [0.15, 0.2) is 53.6 Å². The van der Waals surface area contributed by atoms with Crippen molar-refractivity contribution < 1.29 is 14.3 Å². The van der Waals surface area contributed by atoms with Crippen LogP contribution in [-0.4, -0.2) is 31.2 Å². The van der Waals surface area contributed by atoms with E-state index in [1.165, 1.54) is 12.3 Å². The summed E-state index contributed by atoms with van der Waals surface area (Å²) in [7, 11) is 0. The fraction of sp³-hybridized carbons (Fsp3) is 0.167. The average molecular weight is 360 g/mol. The van der Waals surface area contributed by atoms with Crippen molar-refractivity contribution in [3.05, 3.63) is 64.7 Å². The molecule has 0 spiro atoms. The highest BCUT2D eigenvalue weighted by Gasteiger charge is 2.07. The molecule has 0 aliphatic rings. The number of halogens is 1. The van der Waals surface area contributed by atoms with Gasteiger partial charge in [0, 0.05) is 10.6 Å². The van der Waals surface area contributed by atoms with Gasteiger partial charge in [-0.05, 0) is 55.0 Å². The van der Waals surface area contributed by atoms with Crippen molar-refractivity contribution in [3.8, 4) is 5.75 Å². The Morgan fingerprint density at radius 2 is 1.96 bits per heavy atom. The van der Waals surface area contributed by atoms with Gasteiger partial charge in [0.25, 0.3) is 11.8 Å². The third kappa shape index (κ3) is 6.27. The van der Waals surface area contributed by atoms with Crippen molar-refractivity contribution in [1.82, 2.24) is 10.7 Å². The molecule has 0 atom stereocenters. The molecule has 0 saturated carbocycles. The Morgan fingerprint density at radius 1 is 1.20 bits per heavy atom. The van der Waals surface area contributed by atoms with Crippen molar-refractivity contribution >= 4 is 29.6 Å². The molecule has 0 unspecified atom stereocenters. The molecule has 2 aromatic carbocycles. The van der Waals surface area contributed by atoms with Crippen molar-refractivity contribution in [2.75, 3.05) is 13.2 Å². The van der Waals surface area contributed by atoms with Crippen LogP contribution in [0.25, 0.3) is 0 Å². The topological polar surface area (TPSA) is 79.8 Å². The molecule has 0 aliphatic carbocycles. The summed E-state index contributed by atoms with van der Waals surface area (Å²) >= 11 is 5.82. The number of carbonyl (C=O) groups is 2. The second kappa shape index (κ2) is 9.44. The Balaban J connectivity index is 1.77. The quantitative estimate of drug-likeness (QED) is 0.589. The lowest BCUT2D eigenvalue weighted by molar-refractivity contribution is -0.120. The van der Waals surface area contributed by atoms with Crippen LogP contribution in [0.2, 0.25) is 5.02 Å². The number of benzene rings is 2. The van der Waals surface area contributed by atoms with E-state index < -0.39 is 5.91 Å². The number of hydrogen-bond acceptors (Lipinski definition) is 4. The first-order chi connectivity index (χ1) is 12.1. The van der Waals surface area contributed by atoms with Gasteiger partial charge < -0.3 is 10.1 Å². The molecule has 0 aromatic heterocycles. The third-order valence-electron chi connectivity index (χ3n) is 3.09. The minimum Gasteiger partial charge on any atom is -0.494 e. The van der Waals surface area contributed by atoms with E-state index in [1.54, 1.807) is 18.2 Å². The number of nitrogens with zero attached hydrogens (tertiary/aromatic N) is 1. The monoisotopic (exact) mass is 359 g/mol. The Morgan fingerprint density at radius 3 is 2.64 bits per heavy atom. The van der Waals surface area contributed by atoms with Crippen molar-refractivity contribution in [2.45, 2.75) is 6.92 Å². The summed E-state index contributed by atoms with van der Waals surface area (Å²) in [6.45, 7) is 2.33.